The molecule has 4 rings (SSSR count). The molecule has 0 saturated carbocycles. The first-order valence-corrected chi connectivity index (χ1v) is 11.0. The maximum absolute atomic E-state index is 13.0. The second kappa shape index (κ2) is 10.3. The van der Waals surface area contributed by atoms with Gasteiger partial charge in [0.15, 0.2) is 0 Å². The quantitative estimate of drug-likeness (QED) is 0.470. The first-order chi connectivity index (χ1) is 16.4. The fourth-order valence-electron chi connectivity index (χ4n) is 3.11. The lowest BCUT2D eigenvalue weighted by Gasteiger charge is -2.12. The summed E-state index contributed by atoms with van der Waals surface area (Å²) in [5, 5.41) is 1.96. The second-order valence-corrected chi connectivity index (χ2v) is 8.30. The first-order valence-electron chi connectivity index (χ1n) is 10.2. The topological polar surface area (TPSA) is 75.7 Å². The SMILES string of the molecule is O=C(CN1C(=O)S/C(=C/c2cccc(OCc3ccc(F)cc3)c2)C1=O)Nc1ccc(F)cc1. The van der Waals surface area contributed by atoms with E-state index in [0.29, 0.717) is 17.0 Å². The molecule has 3 amide bonds. The van der Waals surface area contributed by atoms with Gasteiger partial charge in [-0.25, -0.2) is 8.78 Å². The van der Waals surface area contributed by atoms with Crippen LogP contribution in [0.2, 0.25) is 0 Å². The minimum atomic E-state index is -0.582. The van der Waals surface area contributed by atoms with Gasteiger partial charge in [0.2, 0.25) is 5.91 Å². The number of carbonyl (C=O) groups excluding carboxylic acids is 3. The molecule has 172 valence electrons. The van der Waals surface area contributed by atoms with Crippen LogP contribution >= 0.6 is 11.8 Å². The molecule has 3 aromatic rings. The van der Waals surface area contributed by atoms with Crippen LogP contribution in [0, 0.1) is 11.6 Å². The summed E-state index contributed by atoms with van der Waals surface area (Å²) in [7, 11) is 0. The summed E-state index contributed by atoms with van der Waals surface area (Å²) in [4.78, 5) is 38.3. The van der Waals surface area contributed by atoms with E-state index in [1.807, 2.05) is 0 Å². The van der Waals surface area contributed by atoms with E-state index in [4.69, 9.17) is 4.74 Å². The Bertz CT molecular complexity index is 1260. The maximum Gasteiger partial charge on any atom is 0.294 e. The monoisotopic (exact) mass is 480 g/mol. The first kappa shape index (κ1) is 23.2. The van der Waals surface area contributed by atoms with Crippen LogP contribution in [0.1, 0.15) is 11.1 Å². The molecule has 0 aliphatic carbocycles. The molecule has 3 aromatic carbocycles. The Balaban J connectivity index is 1.39. The third-order valence-corrected chi connectivity index (χ3v) is 5.69. The van der Waals surface area contributed by atoms with Crippen molar-refractivity contribution in [1.29, 1.82) is 0 Å². The van der Waals surface area contributed by atoms with Gasteiger partial charge in [-0.15, -0.1) is 0 Å². The Morgan fingerprint density at radius 1 is 0.971 bits per heavy atom. The summed E-state index contributed by atoms with van der Waals surface area (Å²) < 4.78 is 31.7. The molecule has 1 aliphatic heterocycles. The van der Waals surface area contributed by atoms with Gasteiger partial charge in [0.05, 0.1) is 4.91 Å². The van der Waals surface area contributed by atoms with Gasteiger partial charge in [0.25, 0.3) is 11.1 Å². The molecule has 9 heteroatoms. The van der Waals surface area contributed by atoms with Gasteiger partial charge in [-0.05, 0) is 77.5 Å². The summed E-state index contributed by atoms with van der Waals surface area (Å²) in [6.07, 6.45) is 1.55. The molecule has 0 atom stereocenters. The average molecular weight is 480 g/mol. The Kier molecular flexibility index (Phi) is 7.03. The van der Waals surface area contributed by atoms with Gasteiger partial charge < -0.3 is 10.1 Å². The largest absolute Gasteiger partial charge is 0.489 e. The van der Waals surface area contributed by atoms with Gasteiger partial charge >= 0.3 is 0 Å². The van der Waals surface area contributed by atoms with Crippen molar-refractivity contribution in [2.75, 3.05) is 11.9 Å². The lowest BCUT2D eigenvalue weighted by atomic mass is 10.2. The second-order valence-electron chi connectivity index (χ2n) is 7.31. The van der Waals surface area contributed by atoms with Crippen LogP contribution in [0.4, 0.5) is 19.3 Å². The molecule has 0 spiro atoms. The van der Waals surface area contributed by atoms with E-state index in [1.54, 1.807) is 42.5 Å². The summed E-state index contributed by atoms with van der Waals surface area (Å²) in [6.45, 7) is -0.219. The van der Waals surface area contributed by atoms with Crippen LogP contribution in [0.5, 0.6) is 5.75 Å². The number of thioether (sulfide) groups is 1. The van der Waals surface area contributed by atoms with Crippen LogP contribution in [-0.4, -0.2) is 28.5 Å². The van der Waals surface area contributed by atoms with Gasteiger partial charge in [-0.3, -0.25) is 19.3 Å². The molecule has 34 heavy (non-hydrogen) atoms. The number of hydrogen-bond acceptors (Lipinski definition) is 5. The predicted molar refractivity (Wildman–Crippen MR) is 125 cm³/mol. The standard InChI is InChI=1S/C25H18F2N2O4S/c26-18-6-4-16(5-7-18)15-33-21-3-1-2-17(12-21)13-22-24(31)29(25(32)34-22)14-23(30)28-20-10-8-19(27)9-11-20/h1-13H,14-15H2,(H,28,30)/b22-13+. The Labute approximate surface area is 198 Å². The zero-order valence-electron chi connectivity index (χ0n) is 17.7. The molecule has 1 heterocycles. The zero-order valence-corrected chi connectivity index (χ0v) is 18.5. The number of benzene rings is 3. The molecule has 1 N–H and O–H groups in total. The van der Waals surface area contributed by atoms with Crippen LogP contribution in [0.3, 0.4) is 0 Å². The number of amides is 3. The van der Waals surface area contributed by atoms with E-state index in [0.717, 1.165) is 22.2 Å². The lowest BCUT2D eigenvalue weighted by molar-refractivity contribution is -0.127. The predicted octanol–water partition coefficient (Wildman–Crippen LogP) is 5.22. The van der Waals surface area contributed by atoms with Crippen LogP contribution in [0.25, 0.3) is 6.08 Å². The van der Waals surface area contributed by atoms with E-state index in [2.05, 4.69) is 5.32 Å². The summed E-state index contributed by atoms with van der Waals surface area (Å²) in [5.41, 5.74) is 1.79. The van der Waals surface area contributed by atoms with Crippen molar-refractivity contribution in [3.8, 4) is 5.75 Å². The van der Waals surface area contributed by atoms with Crippen LogP contribution in [0.15, 0.2) is 77.7 Å². The van der Waals surface area contributed by atoms with E-state index >= 15 is 0 Å². The number of anilines is 1. The Morgan fingerprint density at radius 2 is 1.65 bits per heavy atom. The normalized spacial score (nSPS) is 14.5. The Morgan fingerprint density at radius 3 is 2.35 bits per heavy atom. The molecule has 0 radical (unpaired) electrons. The number of ether oxygens (including phenoxy) is 1. The highest BCUT2D eigenvalue weighted by molar-refractivity contribution is 8.18. The highest BCUT2D eigenvalue weighted by Crippen LogP contribution is 2.32. The number of imide groups is 1. The maximum atomic E-state index is 13.0. The fourth-order valence-corrected chi connectivity index (χ4v) is 3.94. The van der Waals surface area contributed by atoms with Crippen LogP contribution < -0.4 is 10.1 Å². The zero-order chi connectivity index (χ0) is 24.1. The molecule has 6 nitrogen and oxygen atoms in total. The molecule has 1 fully saturated rings. The van der Waals surface area contributed by atoms with Crippen molar-refractivity contribution in [2.45, 2.75) is 6.61 Å². The molecule has 0 bridgehead atoms. The number of halogens is 2. The number of hydrogen-bond donors (Lipinski definition) is 1. The van der Waals surface area contributed by atoms with Crippen molar-refractivity contribution in [3.05, 3.63) is 100 Å². The number of carbonyl (C=O) groups is 3. The molecule has 0 aromatic heterocycles. The van der Waals surface area contributed by atoms with Gasteiger partial charge in [-0.2, -0.15) is 0 Å². The van der Waals surface area contributed by atoms with Crippen molar-refractivity contribution < 1.29 is 27.9 Å². The fraction of sp³-hybridized carbons (Fsp3) is 0.0800. The number of rotatable bonds is 7. The molecule has 0 unspecified atom stereocenters. The van der Waals surface area contributed by atoms with E-state index in [9.17, 15) is 23.2 Å². The van der Waals surface area contributed by atoms with Crippen molar-refractivity contribution in [1.82, 2.24) is 4.90 Å². The third kappa shape index (κ3) is 5.87. The summed E-state index contributed by atoms with van der Waals surface area (Å²) in [6, 6.07) is 18.0. The molecular weight excluding hydrogens is 462 g/mol. The summed E-state index contributed by atoms with van der Waals surface area (Å²) >= 11 is 0.737. The van der Waals surface area contributed by atoms with Crippen molar-refractivity contribution >= 4 is 40.6 Å². The van der Waals surface area contributed by atoms with E-state index in [-0.39, 0.29) is 17.3 Å². The molecule has 1 saturated heterocycles. The van der Waals surface area contributed by atoms with E-state index in [1.165, 1.54) is 36.4 Å². The average Bonchev–Trinajstić information content (AvgIpc) is 3.08. The van der Waals surface area contributed by atoms with Gasteiger partial charge in [-0.1, -0.05) is 24.3 Å². The van der Waals surface area contributed by atoms with Crippen molar-refractivity contribution in [3.63, 3.8) is 0 Å². The van der Waals surface area contributed by atoms with Gasteiger partial charge in [0, 0.05) is 5.69 Å². The third-order valence-electron chi connectivity index (χ3n) is 4.78. The molecule has 1 aliphatic rings. The van der Waals surface area contributed by atoms with Crippen LogP contribution in [-0.2, 0) is 16.2 Å². The highest BCUT2D eigenvalue weighted by Gasteiger charge is 2.36. The summed E-state index contributed by atoms with van der Waals surface area (Å²) in [5.74, 6) is -1.39. The number of nitrogens with zero attached hydrogens (tertiary/aromatic N) is 1. The van der Waals surface area contributed by atoms with Crippen molar-refractivity contribution in [2.24, 2.45) is 0 Å². The highest BCUT2D eigenvalue weighted by atomic mass is 32.2. The number of nitrogens with one attached hydrogen (secondary N) is 1. The Hall–Kier alpha value is -3.98. The lowest BCUT2D eigenvalue weighted by Crippen LogP contribution is -2.36. The minimum absolute atomic E-state index is 0.176. The van der Waals surface area contributed by atoms with Gasteiger partial charge in [0.1, 0.15) is 30.5 Å². The smallest absolute Gasteiger partial charge is 0.294 e. The van der Waals surface area contributed by atoms with E-state index < -0.39 is 29.4 Å². The molecular formula is C25H18F2N2O4S. The minimum Gasteiger partial charge on any atom is -0.489 e.